The van der Waals surface area contributed by atoms with Gasteiger partial charge in [0.1, 0.15) is 0 Å². The second-order valence-corrected chi connectivity index (χ2v) is 6.34. The molecular formula is C17H27N. The van der Waals surface area contributed by atoms with E-state index in [-0.39, 0.29) is 0 Å². The minimum atomic E-state index is 0.514. The van der Waals surface area contributed by atoms with Crippen LogP contribution in [0.1, 0.15) is 58.1 Å². The van der Waals surface area contributed by atoms with Crippen LogP contribution in [0, 0.1) is 11.8 Å². The normalized spacial score (nSPS) is 18.9. The van der Waals surface area contributed by atoms with Crippen molar-refractivity contribution in [3.63, 3.8) is 0 Å². The average Bonchev–Trinajstić information content (AvgIpc) is 3.12. The van der Waals surface area contributed by atoms with E-state index in [9.17, 15) is 0 Å². The molecule has 1 saturated carbocycles. The van der Waals surface area contributed by atoms with E-state index >= 15 is 0 Å². The molecule has 1 aliphatic carbocycles. The van der Waals surface area contributed by atoms with Crippen LogP contribution in [-0.4, -0.2) is 6.04 Å². The van der Waals surface area contributed by atoms with Gasteiger partial charge in [0.25, 0.3) is 0 Å². The van der Waals surface area contributed by atoms with Gasteiger partial charge in [-0.2, -0.15) is 0 Å². The molecule has 0 heterocycles. The minimum absolute atomic E-state index is 0.514. The molecule has 0 bridgehead atoms. The van der Waals surface area contributed by atoms with Crippen molar-refractivity contribution in [3.8, 4) is 0 Å². The highest BCUT2D eigenvalue weighted by molar-refractivity contribution is 5.19. The lowest BCUT2D eigenvalue weighted by molar-refractivity contribution is 0.370. The van der Waals surface area contributed by atoms with Gasteiger partial charge in [0.2, 0.25) is 0 Å². The lowest BCUT2D eigenvalue weighted by Gasteiger charge is -2.25. The van der Waals surface area contributed by atoms with Crippen molar-refractivity contribution in [2.75, 3.05) is 0 Å². The lowest BCUT2D eigenvalue weighted by Crippen LogP contribution is -2.31. The van der Waals surface area contributed by atoms with Crippen molar-refractivity contribution < 1.29 is 0 Å². The molecule has 18 heavy (non-hydrogen) atoms. The first-order valence-electron chi connectivity index (χ1n) is 7.46. The molecule has 1 aromatic rings. The van der Waals surface area contributed by atoms with Gasteiger partial charge >= 0.3 is 0 Å². The Balaban J connectivity index is 1.95. The van der Waals surface area contributed by atoms with Crippen LogP contribution in [-0.2, 0) is 0 Å². The number of benzene rings is 1. The maximum atomic E-state index is 3.84. The Labute approximate surface area is 112 Å². The van der Waals surface area contributed by atoms with Gasteiger partial charge in [0.05, 0.1) is 0 Å². The van der Waals surface area contributed by atoms with Gasteiger partial charge in [-0.25, -0.2) is 0 Å². The summed E-state index contributed by atoms with van der Waals surface area (Å²) in [5.41, 5.74) is 1.44. The molecule has 1 aromatic carbocycles. The summed E-state index contributed by atoms with van der Waals surface area (Å²) >= 11 is 0. The van der Waals surface area contributed by atoms with Crippen LogP contribution < -0.4 is 5.32 Å². The van der Waals surface area contributed by atoms with E-state index in [1.54, 1.807) is 0 Å². The van der Waals surface area contributed by atoms with Crippen molar-refractivity contribution in [2.45, 2.75) is 58.5 Å². The fraction of sp³-hybridized carbons (Fsp3) is 0.647. The molecule has 0 radical (unpaired) electrons. The molecule has 1 fully saturated rings. The first-order valence-corrected chi connectivity index (χ1v) is 7.46. The molecule has 2 atom stereocenters. The zero-order chi connectivity index (χ0) is 13.0. The molecule has 1 heteroatoms. The zero-order valence-corrected chi connectivity index (χ0v) is 12.0. The van der Waals surface area contributed by atoms with E-state index in [0.29, 0.717) is 12.1 Å². The number of hydrogen-bond donors (Lipinski definition) is 1. The highest BCUT2D eigenvalue weighted by Crippen LogP contribution is 2.34. The second-order valence-electron chi connectivity index (χ2n) is 6.34. The maximum absolute atomic E-state index is 3.84. The van der Waals surface area contributed by atoms with Crippen molar-refractivity contribution >= 4 is 0 Å². The molecule has 100 valence electrons. The summed E-state index contributed by atoms with van der Waals surface area (Å²) in [6.45, 7) is 6.96. The molecule has 2 rings (SSSR count). The quantitative estimate of drug-likeness (QED) is 0.743. The summed E-state index contributed by atoms with van der Waals surface area (Å²) in [5.74, 6) is 1.74. The monoisotopic (exact) mass is 245 g/mol. The maximum Gasteiger partial charge on any atom is 0.0324 e. The van der Waals surface area contributed by atoms with Crippen LogP contribution in [0.4, 0.5) is 0 Å². The van der Waals surface area contributed by atoms with Crippen molar-refractivity contribution in [1.29, 1.82) is 0 Å². The minimum Gasteiger partial charge on any atom is -0.307 e. The van der Waals surface area contributed by atoms with E-state index in [0.717, 1.165) is 11.8 Å². The molecule has 1 nitrogen and oxygen atoms in total. The summed E-state index contributed by atoms with van der Waals surface area (Å²) in [6.07, 6.45) is 5.47. The standard InChI is InChI=1S/C17H27N/c1-13(2)11-17(16-7-5-4-6-8-16)18-14(3)12-15-9-10-15/h4-8,13-15,17-18H,9-12H2,1-3H3. The Morgan fingerprint density at radius 3 is 2.33 bits per heavy atom. The second kappa shape index (κ2) is 6.38. The predicted octanol–water partition coefficient (Wildman–Crippen LogP) is 4.55. The number of nitrogens with one attached hydrogen (secondary N) is 1. The topological polar surface area (TPSA) is 12.0 Å². The van der Waals surface area contributed by atoms with Gasteiger partial charge < -0.3 is 5.32 Å². The highest BCUT2D eigenvalue weighted by Gasteiger charge is 2.25. The van der Waals surface area contributed by atoms with Gasteiger partial charge in [-0.05, 0) is 37.2 Å². The van der Waals surface area contributed by atoms with Crippen molar-refractivity contribution in [2.24, 2.45) is 11.8 Å². The van der Waals surface area contributed by atoms with E-state index in [4.69, 9.17) is 0 Å². The smallest absolute Gasteiger partial charge is 0.0324 e. The highest BCUT2D eigenvalue weighted by atomic mass is 14.9. The zero-order valence-electron chi connectivity index (χ0n) is 12.0. The first kappa shape index (κ1) is 13.6. The summed E-state index contributed by atoms with van der Waals surface area (Å²) in [4.78, 5) is 0. The molecule has 0 amide bonds. The third-order valence-corrected chi connectivity index (χ3v) is 3.78. The molecule has 0 aromatic heterocycles. The molecule has 0 saturated heterocycles. The molecule has 2 unspecified atom stereocenters. The Morgan fingerprint density at radius 2 is 1.78 bits per heavy atom. The van der Waals surface area contributed by atoms with Crippen molar-refractivity contribution in [3.05, 3.63) is 35.9 Å². The van der Waals surface area contributed by atoms with Gasteiger partial charge in [-0.1, -0.05) is 57.0 Å². The Kier molecular flexibility index (Phi) is 4.82. The fourth-order valence-corrected chi connectivity index (χ4v) is 2.72. The Bertz CT molecular complexity index is 340. The third-order valence-electron chi connectivity index (χ3n) is 3.78. The molecular weight excluding hydrogens is 218 g/mol. The third kappa shape index (κ3) is 4.45. The average molecular weight is 245 g/mol. The summed E-state index contributed by atoms with van der Waals surface area (Å²) in [5, 5.41) is 3.84. The number of rotatable bonds is 7. The lowest BCUT2D eigenvalue weighted by atomic mass is 9.96. The number of hydrogen-bond acceptors (Lipinski definition) is 1. The summed E-state index contributed by atoms with van der Waals surface area (Å²) in [7, 11) is 0. The van der Waals surface area contributed by atoms with E-state index in [1.807, 2.05) is 0 Å². The SMILES string of the molecule is CC(C)CC(NC(C)CC1CC1)c1ccccc1. The fourth-order valence-electron chi connectivity index (χ4n) is 2.72. The Morgan fingerprint density at radius 1 is 1.11 bits per heavy atom. The van der Waals surface area contributed by atoms with Crippen LogP contribution in [0.25, 0.3) is 0 Å². The van der Waals surface area contributed by atoms with Crippen LogP contribution in [0.5, 0.6) is 0 Å². The molecule has 0 spiro atoms. The van der Waals surface area contributed by atoms with Gasteiger partial charge in [-0.15, -0.1) is 0 Å². The van der Waals surface area contributed by atoms with Crippen molar-refractivity contribution in [1.82, 2.24) is 5.32 Å². The van der Waals surface area contributed by atoms with Crippen LogP contribution in [0.2, 0.25) is 0 Å². The molecule has 1 aliphatic rings. The van der Waals surface area contributed by atoms with E-state index in [2.05, 4.69) is 56.4 Å². The largest absolute Gasteiger partial charge is 0.307 e. The Hall–Kier alpha value is -0.820. The van der Waals surface area contributed by atoms with Crippen LogP contribution in [0.15, 0.2) is 30.3 Å². The van der Waals surface area contributed by atoms with Gasteiger partial charge in [-0.3, -0.25) is 0 Å². The van der Waals surface area contributed by atoms with E-state index < -0.39 is 0 Å². The van der Waals surface area contributed by atoms with Crippen LogP contribution in [0.3, 0.4) is 0 Å². The molecule has 0 aliphatic heterocycles. The van der Waals surface area contributed by atoms with Crippen LogP contribution >= 0.6 is 0 Å². The first-order chi connectivity index (χ1) is 8.65. The summed E-state index contributed by atoms with van der Waals surface area (Å²) < 4.78 is 0. The summed E-state index contributed by atoms with van der Waals surface area (Å²) in [6, 6.07) is 12.1. The van der Waals surface area contributed by atoms with E-state index in [1.165, 1.54) is 31.2 Å². The predicted molar refractivity (Wildman–Crippen MR) is 78.6 cm³/mol. The van der Waals surface area contributed by atoms with Gasteiger partial charge in [0, 0.05) is 12.1 Å². The van der Waals surface area contributed by atoms with Gasteiger partial charge in [0.15, 0.2) is 0 Å². The molecule has 1 N–H and O–H groups in total.